The molecule has 2 nitrogen and oxygen atoms in total. The van der Waals surface area contributed by atoms with Crippen LogP contribution in [0.25, 0.3) is 0 Å². The molecule has 0 aliphatic carbocycles. The van der Waals surface area contributed by atoms with E-state index in [0.717, 1.165) is 11.1 Å². The molecule has 0 amide bonds. The van der Waals surface area contributed by atoms with Gasteiger partial charge in [0.2, 0.25) is 0 Å². The predicted octanol–water partition coefficient (Wildman–Crippen LogP) is 11.3. The zero-order valence-electron chi connectivity index (χ0n) is 28.1. The third-order valence-electron chi connectivity index (χ3n) is 7.17. The van der Waals surface area contributed by atoms with Crippen molar-refractivity contribution < 1.29 is 0 Å². The number of benzene rings is 1. The maximum atomic E-state index is 4.77. The van der Waals surface area contributed by atoms with E-state index in [4.69, 9.17) is 49.7 Å². The van der Waals surface area contributed by atoms with E-state index in [0.29, 0.717) is 21.7 Å². The van der Waals surface area contributed by atoms with E-state index in [9.17, 15) is 0 Å². The quantitative estimate of drug-likeness (QED) is 0.0684. The zero-order chi connectivity index (χ0) is 31.8. The van der Waals surface area contributed by atoms with E-state index in [2.05, 4.69) is 58.2 Å². The number of rotatable bonds is 22. The number of hydrogen-bond acceptors (Lipinski definition) is 4. The first kappa shape index (κ1) is 45.2. The van der Waals surface area contributed by atoms with Crippen LogP contribution in [-0.2, 0) is 38.3 Å². The van der Waals surface area contributed by atoms with Crippen molar-refractivity contribution in [1.82, 2.24) is 10.6 Å². The van der Waals surface area contributed by atoms with Gasteiger partial charge >= 0.3 is 185 Å². The van der Waals surface area contributed by atoms with Gasteiger partial charge in [-0.3, -0.25) is 0 Å². The Morgan fingerprint density at radius 2 is 0.810 bits per heavy atom. The SMILES string of the molecule is CCC[CH2][Sn+]([CH2]CCC)[CH2]CCC.CCC[CH2][Sn+]([CH2]CCC)[CH2]CCC.S=C([S-])NCc1cccc(CNC(=S)[S-])c1. The molecule has 0 spiro atoms. The van der Waals surface area contributed by atoms with Crippen molar-refractivity contribution in [2.24, 2.45) is 0 Å². The van der Waals surface area contributed by atoms with E-state index in [1.165, 1.54) is 77.0 Å². The van der Waals surface area contributed by atoms with Crippen LogP contribution in [0, 0.1) is 0 Å². The third-order valence-corrected chi connectivity index (χ3v) is 25.9. The molecule has 0 saturated heterocycles. The number of hydrogen-bond donors (Lipinski definition) is 2. The average Bonchev–Trinajstić information content (AvgIpc) is 2.99. The van der Waals surface area contributed by atoms with Crippen LogP contribution in [0.3, 0.4) is 0 Å². The van der Waals surface area contributed by atoms with Gasteiger partial charge in [-0.25, -0.2) is 0 Å². The summed E-state index contributed by atoms with van der Waals surface area (Å²) in [4.78, 5) is 0. The van der Waals surface area contributed by atoms with Gasteiger partial charge in [0.15, 0.2) is 0 Å². The summed E-state index contributed by atoms with van der Waals surface area (Å²) in [5, 5.41) is 5.87. The van der Waals surface area contributed by atoms with E-state index < -0.39 is 39.5 Å². The van der Waals surface area contributed by atoms with E-state index in [1.54, 1.807) is 26.6 Å². The summed E-state index contributed by atoms with van der Waals surface area (Å²) in [7, 11) is 0. The summed E-state index contributed by atoms with van der Waals surface area (Å²) in [6, 6.07) is 8.06. The van der Waals surface area contributed by atoms with E-state index in [-0.39, 0.29) is 0 Å². The van der Waals surface area contributed by atoms with Gasteiger partial charge in [0.1, 0.15) is 0 Å². The van der Waals surface area contributed by atoms with Gasteiger partial charge in [0.25, 0.3) is 0 Å². The first-order valence-electron chi connectivity index (χ1n) is 16.9. The van der Waals surface area contributed by atoms with Crippen molar-refractivity contribution in [3.05, 3.63) is 35.4 Å². The second kappa shape index (κ2) is 34.9. The van der Waals surface area contributed by atoms with Crippen molar-refractivity contribution in [2.45, 2.75) is 158 Å². The smallest absolute Gasteiger partial charge is 0.0385 e. The fourth-order valence-corrected chi connectivity index (χ4v) is 23.7. The Bertz CT molecular complexity index is 657. The third kappa shape index (κ3) is 32.4. The largest absolute Gasteiger partial charge is 0.412 e. The van der Waals surface area contributed by atoms with Crippen molar-refractivity contribution in [1.29, 1.82) is 0 Å². The van der Waals surface area contributed by atoms with Crippen molar-refractivity contribution >= 4 is 97.9 Å². The molecular weight excluding hydrogens is 802 g/mol. The monoisotopic (exact) mass is 868 g/mol. The Labute approximate surface area is 299 Å². The molecule has 242 valence electrons. The summed E-state index contributed by atoms with van der Waals surface area (Å²) < 4.78 is 10.8. The maximum absolute atomic E-state index is 4.77. The van der Waals surface area contributed by atoms with Crippen LogP contribution in [0.1, 0.15) is 130 Å². The normalized spacial score (nSPS) is 10.0. The molecule has 0 fully saturated rings. The molecule has 1 aromatic carbocycles. The van der Waals surface area contributed by atoms with Crippen molar-refractivity contribution in [2.75, 3.05) is 0 Å². The van der Waals surface area contributed by atoms with Gasteiger partial charge in [-0.05, 0) is 11.1 Å². The molecule has 1 aromatic rings. The first-order valence-corrected chi connectivity index (χ1v) is 30.7. The first-order chi connectivity index (χ1) is 20.3. The van der Waals surface area contributed by atoms with Gasteiger partial charge in [-0.2, -0.15) is 0 Å². The van der Waals surface area contributed by atoms with Gasteiger partial charge in [-0.1, -0.05) is 32.9 Å². The Morgan fingerprint density at radius 1 is 0.548 bits per heavy atom. The molecule has 0 unspecified atom stereocenters. The van der Waals surface area contributed by atoms with Crippen LogP contribution in [-0.4, -0.2) is 48.2 Å². The minimum absolute atomic E-state index is 0.385. The molecule has 0 radical (unpaired) electrons. The van der Waals surface area contributed by atoms with Crippen LogP contribution < -0.4 is 10.6 Å². The molecule has 0 aliphatic heterocycles. The molecule has 1 rings (SSSR count). The molecule has 0 heterocycles. The average molecular weight is 867 g/mol. The van der Waals surface area contributed by atoms with Crippen LogP contribution in [0.4, 0.5) is 0 Å². The number of thiocarbonyl (C=S) groups is 2. The molecular formula is C34H64N2S4Sn2. The van der Waals surface area contributed by atoms with Crippen LogP contribution >= 0.6 is 24.4 Å². The second-order valence-electron chi connectivity index (χ2n) is 11.2. The summed E-state index contributed by atoms with van der Waals surface area (Å²) in [6.07, 6.45) is 17.7. The molecule has 0 aliphatic rings. The molecule has 42 heavy (non-hydrogen) atoms. The predicted molar refractivity (Wildman–Crippen MR) is 210 cm³/mol. The van der Waals surface area contributed by atoms with Crippen LogP contribution in [0.2, 0.25) is 26.6 Å². The molecule has 0 bridgehead atoms. The van der Waals surface area contributed by atoms with E-state index >= 15 is 0 Å². The van der Waals surface area contributed by atoms with Gasteiger partial charge in [0.05, 0.1) is 0 Å². The summed E-state index contributed by atoms with van der Waals surface area (Å²) in [5.41, 5.74) is 2.25. The summed E-state index contributed by atoms with van der Waals surface area (Å²) >= 11 is 17.4. The van der Waals surface area contributed by atoms with Gasteiger partial charge in [-0.15, -0.1) is 0 Å². The molecule has 0 aromatic heterocycles. The topological polar surface area (TPSA) is 24.1 Å². The standard InChI is InChI=1S/C10H12N2S4.6C4H9.2Sn/c13-9(14)11-5-7-2-1-3-8(4-7)6-12-10(15)16;6*1-3-4-2;;/h1-4H,5-6H2,(H2,11,13,14)(H2,12,15,16);6*1,3-4H2,2H3;;/q;;;;;;;2*+1/p-2. The van der Waals surface area contributed by atoms with Gasteiger partial charge in [0, 0.05) is 13.1 Å². The van der Waals surface area contributed by atoms with Crippen molar-refractivity contribution in [3.63, 3.8) is 0 Å². The number of unbranched alkanes of at least 4 members (excludes halogenated alkanes) is 6. The van der Waals surface area contributed by atoms with Gasteiger partial charge < -0.3 is 60.3 Å². The molecule has 2 N–H and O–H groups in total. The minimum atomic E-state index is -0.839. The maximum Gasteiger partial charge on any atom is 0.0385 e. The fraction of sp³-hybridized carbons (Fsp3) is 0.765. The Hall–Kier alpha value is 1.04. The summed E-state index contributed by atoms with van der Waals surface area (Å²) in [5.74, 6) is 0. The second-order valence-corrected chi connectivity index (χ2v) is 30.5. The van der Waals surface area contributed by atoms with Crippen LogP contribution in [0.15, 0.2) is 24.3 Å². The Balaban J connectivity index is 0. The summed E-state index contributed by atoms with van der Waals surface area (Å²) in [6.45, 7) is 15.3. The Morgan fingerprint density at radius 3 is 1.02 bits per heavy atom. The number of nitrogens with one attached hydrogen (secondary N) is 2. The Kier molecular flexibility index (Phi) is 37.5. The molecule has 0 atom stereocenters. The molecule has 0 saturated carbocycles. The zero-order valence-corrected chi connectivity index (χ0v) is 37.1. The fourth-order valence-electron chi connectivity index (χ4n) is 4.51. The van der Waals surface area contributed by atoms with E-state index in [1.807, 2.05) is 18.2 Å². The molecule has 8 heteroatoms. The van der Waals surface area contributed by atoms with Crippen LogP contribution in [0.5, 0.6) is 0 Å². The van der Waals surface area contributed by atoms with Crippen molar-refractivity contribution in [3.8, 4) is 0 Å². The minimum Gasteiger partial charge on any atom is -0.412 e.